The van der Waals surface area contributed by atoms with Gasteiger partial charge in [-0.1, -0.05) is 13.3 Å². The fourth-order valence-corrected chi connectivity index (χ4v) is 4.71. The van der Waals surface area contributed by atoms with Crippen LogP contribution >= 0.6 is 0 Å². The predicted molar refractivity (Wildman–Crippen MR) is 133 cm³/mol. The van der Waals surface area contributed by atoms with E-state index in [0.29, 0.717) is 50.9 Å². The van der Waals surface area contributed by atoms with Crippen LogP contribution in [0.3, 0.4) is 0 Å². The number of nitrogen functional groups attached to an aromatic ring is 1. The summed E-state index contributed by atoms with van der Waals surface area (Å²) in [7, 11) is 0. The largest absolute Gasteiger partial charge is 0.480 e. The number of piperidine rings is 1. The molecule has 2 heterocycles. The molecule has 0 radical (unpaired) electrons. The van der Waals surface area contributed by atoms with Gasteiger partial charge in [-0.15, -0.1) is 0 Å². The molecular weight excluding hydrogens is 466 g/mol. The molecular formula is C25H35N5O6. The van der Waals surface area contributed by atoms with E-state index in [2.05, 4.69) is 5.32 Å². The zero-order valence-electron chi connectivity index (χ0n) is 20.6. The molecule has 2 fully saturated rings. The smallest absolute Gasteiger partial charge is 0.407 e. The van der Waals surface area contributed by atoms with E-state index in [0.717, 1.165) is 12.1 Å². The molecule has 1 atom stereocenters. The monoisotopic (exact) mass is 501 g/mol. The number of nitrogens with zero attached hydrogens (tertiary/aromatic N) is 2. The van der Waals surface area contributed by atoms with Crippen molar-refractivity contribution in [2.45, 2.75) is 57.9 Å². The number of nitrogens with two attached hydrogens (primary N) is 1. The Bertz CT molecular complexity index is 987. The molecule has 3 amide bonds. The number of rotatable bonds is 10. The summed E-state index contributed by atoms with van der Waals surface area (Å²) >= 11 is 0. The second kappa shape index (κ2) is 11.9. The molecule has 0 aromatic heterocycles. The van der Waals surface area contributed by atoms with Crippen molar-refractivity contribution in [3.05, 3.63) is 29.8 Å². The molecule has 5 N–H and O–H groups in total. The highest BCUT2D eigenvalue weighted by Crippen LogP contribution is 2.43. The van der Waals surface area contributed by atoms with Crippen LogP contribution in [0, 0.1) is 10.8 Å². The summed E-state index contributed by atoms with van der Waals surface area (Å²) in [4.78, 5) is 52.8. The van der Waals surface area contributed by atoms with E-state index in [1.165, 1.54) is 0 Å². The number of carboxylic acid groups (broad SMARTS) is 1. The summed E-state index contributed by atoms with van der Waals surface area (Å²) in [6.45, 7) is 3.59. The molecule has 3 rings (SSSR count). The third-order valence-corrected chi connectivity index (χ3v) is 7.04. The molecule has 1 spiro atoms. The Hall–Kier alpha value is -3.63. The van der Waals surface area contributed by atoms with Crippen molar-refractivity contribution in [2.24, 2.45) is 11.1 Å². The topological polar surface area (TPSA) is 166 Å². The molecule has 196 valence electrons. The third kappa shape index (κ3) is 6.32. The number of nitrogens with one attached hydrogen (secondary N) is 2. The maximum absolute atomic E-state index is 13.3. The minimum absolute atomic E-state index is 0.0260. The second-order valence-electron chi connectivity index (χ2n) is 9.39. The lowest BCUT2D eigenvalue weighted by Gasteiger charge is -2.38. The molecule has 2 aliphatic rings. The van der Waals surface area contributed by atoms with Gasteiger partial charge in [0.05, 0.1) is 12.0 Å². The number of likely N-dealkylation sites (tertiary alicyclic amines) is 1. The summed E-state index contributed by atoms with van der Waals surface area (Å²) in [5, 5.41) is 19.2. The highest BCUT2D eigenvalue weighted by molar-refractivity contribution is 6.01. The van der Waals surface area contributed by atoms with Gasteiger partial charge in [0.15, 0.2) is 0 Å². The number of unbranched alkanes of at least 4 members (excludes halogenated alkanes) is 1. The number of hydrogen-bond donors (Lipinski definition) is 4. The van der Waals surface area contributed by atoms with Gasteiger partial charge in [0.1, 0.15) is 11.9 Å². The van der Waals surface area contributed by atoms with E-state index >= 15 is 0 Å². The van der Waals surface area contributed by atoms with Crippen molar-refractivity contribution in [3.8, 4) is 0 Å². The van der Waals surface area contributed by atoms with Crippen molar-refractivity contribution in [3.63, 3.8) is 0 Å². The fourth-order valence-electron chi connectivity index (χ4n) is 4.71. The van der Waals surface area contributed by atoms with Gasteiger partial charge >= 0.3 is 12.1 Å². The van der Waals surface area contributed by atoms with E-state index in [-0.39, 0.29) is 37.1 Å². The number of amides is 3. The van der Waals surface area contributed by atoms with Crippen molar-refractivity contribution in [1.29, 1.82) is 5.41 Å². The molecule has 1 aromatic rings. The van der Waals surface area contributed by atoms with Crippen molar-refractivity contribution >= 4 is 35.4 Å². The van der Waals surface area contributed by atoms with Gasteiger partial charge in [-0.25, -0.2) is 9.59 Å². The van der Waals surface area contributed by atoms with Crippen LogP contribution in [0.15, 0.2) is 24.3 Å². The van der Waals surface area contributed by atoms with Crippen molar-refractivity contribution in [1.82, 2.24) is 10.2 Å². The Balaban J connectivity index is 1.50. The zero-order chi connectivity index (χ0) is 26.3. The number of hydrogen-bond acceptors (Lipinski definition) is 6. The molecule has 36 heavy (non-hydrogen) atoms. The van der Waals surface area contributed by atoms with E-state index in [1.54, 1.807) is 34.1 Å². The second-order valence-corrected chi connectivity index (χ2v) is 9.39. The molecule has 0 aliphatic carbocycles. The van der Waals surface area contributed by atoms with Crippen LogP contribution in [-0.4, -0.2) is 72.0 Å². The number of benzene rings is 1. The normalized spacial score (nSPS) is 17.6. The number of carbonyl (C=O) groups excluding carboxylic acids is 3. The summed E-state index contributed by atoms with van der Waals surface area (Å²) < 4.78 is 4.95. The standard InChI is InChI=1S/C25H35N5O6/c1-2-3-16-36-24(35)28-19(22(32)33)8-9-20(31)29-13-10-25(11-14-29)12-15-30(23(25)34)18-6-4-17(5-7-18)21(26)27/h4-7,19H,2-3,8-16H2,1H3,(H3,26,27)(H,28,35)(H,32,33)/t19-/m0/s1. The van der Waals surface area contributed by atoms with Crippen LogP contribution in [0.25, 0.3) is 0 Å². The lowest BCUT2D eigenvalue weighted by molar-refractivity contribution is -0.141. The Morgan fingerprint density at radius 3 is 2.39 bits per heavy atom. The lowest BCUT2D eigenvalue weighted by atomic mass is 9.77. The van der Waals surface area contributed by atoms with Gasteiger partial charge in [-0.2, -0.15) is 0 Å². The van der Waals surface area contributed by atoms with Gasteiger partial charge in [0.2, 0.25) is 11.8 Å². The fraction of sp³-hybridized carbons (Fsp3) is 0.560. The molecule has 11 nitrogen and oxygen atoms in total. The summed E-state index contributed by atoms with van der Waals surface area (Å²) in [6, 6.07) is 5.82. The molecule has 2 aliphatic heterocycles. The van der Waals surface area contributed by atoms with Gasteiger partial charge in [-0.05, 0) is 56.4 Å². The molecule has 0 unspecified atom stereocenters. The SMILES string of the molecule is CCCCOC(=O)N[C@@H](CCC(=O)N1CCC2(CC1)CCN(c1ccc(C(=N)N)cc1)C2=O)C(=O)O. The Kier molecular flexibility index (Phi) is 8.89. The minimum Gasteiger partial charge on any atom is -0.480 e. The van der Waals surface area contributed by atoms with Gasteiger partial charge < -0.3 is 30.7 Å². The van der Waals surface area contributed by atoms with Crippen LogP contribution in [0.1, 0.15) is 57.4 Å². The first kappa shape index (κ1) is 27.0. The minimum atomic E-state index is -1.22. The predicted octanol–water partition coefficient (Wildman–Crippen LogP) is 2.08. The number of carboxylic acids is 1. The first-order valence-electron chi connectivity index (χ1n) is 12.4. The molecule has 11 heteroatoms. The lowest BCUT2D eigenvalue weighted by Crippen LogP contribution is -2.47. The maximum atomic E-state index is 13.3. The first-order chi connectivity index (χ1) is 17.2. The summed E-state index contributed by atoms with van der Waals surface area (Å²) in [5.41, 5.74) is 6.36. The van der Waals surface area contributed by atoms with Crippen LogP contribution in [0.4, 0.5) is 10.5 Å². The number of carbonyl (C=O) groups is 4. The Morgan fingerprint density at radius 1 is 1.17 bits per heavy atom. The average Bonchev–Trinajstić information content (AvgIpc) is 3.17. The quantitative estimate of drug-likeness (QED) is 0.216. The average molecular weight is 502 g/mol. The van der Waals surface area contributed by atoms with E-state index in [9.17, 15) is 24.3 Å². The molecule has 1 aromatic carbocycles. The molecule has 0 bridgehead atoms. The van der Waals surface area contributed by atoms with E-state index < -0.39 is 23.5 Å². The first-order valence-corrected chi connectivity index (χ1v) is 12.4. The zero-order valence-corrected chi connectivity index (χ0v) is 20.6. The van der Waals surface area contributed by atoms with Crippen molar-refractivity contribution in [2.75, 3.05) is 31.1 Å². The van der Waals surface area contributed by atoms with Gasteiger partial charge in [0.25, 0.3) is 0 Å². The molecule has 0 saturated carbocycles. The van der Waals surface area contributed by atoms with E-state index in [1.807, 2.05) is 6.92 Å². The number of aliphatic carboxylic acids is 1. The van der Waals surface area contributed by atoms with Crippen LogP contribution < -0.4 is 16.0 Å². The highest BCUT2D eigenvalue weighted by atomic mass is 16.5. The number of ether oxygens (including phenoxy) is 1. The third-order valence-electron chi connectivity index (χ3n) is 7.04. The van der Waals surface area contributed by atoms with Crippen molar-refractivity contribution < 1.29 is 29.0 Å². The maximum Gasteiger partial charge on any atom is 0.407 e. The van der Waals surface area contributed by atoms with Crippen LogP contribution in [0.5, 0.6) is 0 Å². The highest BCUT2D eigenvalue weighted by Gasteiger charge is 2.49. The Labute approximate surface area is 210 Å². The Morgan fingerprint density at radius 2 is 1.81 bits per heavy atom. The number of anilines is 1. The number of amidine groups is 1. The van der Waals surface area contributed by atoms with E-state index in [4.69, 9.17) is 15.9 Å². The summed E-state index contributed by atoms with van der Waals surface area (Å²) in [6.07, 6.45) is 2.46. The summed E-state index contributed by atoms with van der Waals surface area (Å²) in [5.74, 6) is -1.40. The van der Waals surface area contributed by atoms with Crippen LogP contribution in [-0.2, 0) is 19.1 Å². The van der Waals surface area contributed by atoms with Gasteiger partial charge in [-0.3, -0.25) is 15.0 Å². The number of alkyl carbamates (subject to hydrolysis) is 1. The molecule has 2 saturated heterocycles. The van der Waals surface area contributed by atoms with Gasteiger partial charge in [0, 0.05) is 37.3 Å². The van der Waals surface area contributed by atoms with Crippen LogP contribution in [0.2, 0.25) is 0 Å².